The molecule has 1 fully saturated rings. The molecule has 0 radical (unpaired) electrons. The number of nitrogens with zero attached hydrogens (tertiary/aromatic N) is 2. The van der Waals surface area contributed by atoms with Crippen molar-refractivity contribution >= 4 is 20.0 Å². The molecule has 6 nitrogen and oxygen atoms in total. The largest absolute Gasteiger partial charge is 0.243 e. The van der Waals surface area contributed by atoms with Gasteiger partial charge in [-0.1, -0.05) is 48.5 Å². The van der Waals surface area contributed by atoms with E-state index < -0.39 is 20.0 Å². The lowest BCUT2D eigenvalue weighted by molar-refractivity contribution is 0.272. The van der Waals surface area contributed by atoms with Gasteiger partial charge in [0, 0.05) is 26.2 Å². The van der Waals surface area contributed by atoms with Gasteiger partial charge in [0.1, 0.15) is 0 Å². The number of piperazine rings is 1. The summed E-state index contributed by atoms with van der Waals surface area (Å²) in [7, 11) is -7.04. The Morgan fingerprint density at radius 2 is 1.16 bits per heavy atom. The molecule has 0 N–H and O–H groups in total. The average molecular weight is 380 g/mol. The average Bonchev–Trinajstić information content (AvgIpc) is 2.63. The lowest BCUT2D eigenvalue weighted by atomic mass is 10.2. The van der Waals surface area contributed by atoms with Gasteiger partial charge in [-0.3, -0.25) is 0 Å². The molecule has 0 aliphatic carbocycles. The summed E-state index contributed by atoms with van der Waals surface area (Å²) in [5, 5.41) is 0. The van der Waals surface area contributed by atoms with Crippen LogP contribution in [0.25, 0.3) is 0 Å². The van der Waals surface area contributed by atoms with Gasteiger partial charge in [0.2, 0.25) is 20.0 Å². The van der Waals surface area contributed by atoms with E-state index in [0.717, 1.165) is 5.56 Å². The van der Waals surface area contributed by atoms with E-state index in [4.69, 9.17) is 0 Å². The van der Waals surface area contributed by atoms with E-state index in [0.29, 0.717) is 0 Å². The molecule has 8 heteroatoms. The van der Waals surface area contributed by atoms with Crippen molar-refractivity contribution in [2.24, 2.45) is 0 Å². The van der Waals surface area contributed by atoms with Crippen LogP contribution in [0.2, 0.25) is 0 Å². The topological polar surface area (TPSA) is 74.8 Å². The fraction of sp³-hybridized carbons (Fsp3) is 0.294. The Kier molecular flexibility index (Phi) is 5.24. The van der Waals surface area contributed by atoms with Gasteiger partial charge in [0.25, 0.3) is 0 Å². The third-order valence-electron chi connectivity index (χ3n) is 4.16. The molecular weight excluding hydrogens is 360 g/mol. The molecule has 1 aliphatic heterocycles. The first-order valence-corrected chi connectivity index (χ1v) is 11.0. The van der Waals surface area contributed by atoms with Gasteiger partial charge >= 0.3 is 0 Å². The van der Waals surface area contributed by atoms with Gasteiger partial charge in [-0.05, 0) is 17.7 Å². The van der Waals surface area contributed by atoms with Gasteiger partial charge in [-0.25, -0.2) is 16.8 Å². The molecule has 0 amide bonds. The van der Waals surface area contributed by atoms with E-state index in [2.05, 4.69) is 0 Å². The summed E-state index contributed by atoms with van der Waals surface area (Å²) in [6, 6.07) is 17.2. The number of hydrogen-bond donors (Lipinski definition) is 0. The molecule has 0 spiro atoms. The standard InChI is InChI=1S/C17H20N2O4S2/c20-24(21,15-16-7-3-1-4-8-16)18-11-13-19(14-12-18)25(22,23)17-9-5-2-6-10-17/h1-10H,11-15H2. The zero-order valence-electron chi connectivity index (χ0n) is 13.7. The van der Waals surface area contributed by atoms with Crippen LogP contribution in [0.4, 0.5) is 0 Å². The predicted octanol–water partition coefficient (Wildman–Crippen LogP) is 1.52. The molecule has 0 saturated carbocycles. The van der Waals surface area contributed by atoms with Crippen molar-refractivity contribution in [1.29, 1.82) is 0 Å². The molecule has 0 atom stereocenters. The fourth-order valence-electron chi connectivity index (χ4n) is 2.81. The van der Waals surface area contributed by atoms with E-state index in [1.54, 1.807) is 54.6 Å². The molecule has 0 bridgehead atoms. The van der Waals surface area contributed by atoms with Crippen LogP contribution in [0.3, 0.4) is 0 Å². The second-order valence-electron chi connectivity index (χ2n) is 5.86. The SMILES string of the molecule is O=S(=O)(Cc1ccccc1)N1CCN(S(=O)(=O)c2ccccc2)CC1. The minimum atomic E-state index is -3.58. The van der Waals surface area contributed by atoms with Gasteiger partial charge in [0.05, 0.1) is 10.6 Å². The summed E-state index contributed by atoms with van der Waals surface area (Å²) < 4.78 is 53.0. The van der Waals surface area contributed by atoms with Crippen LogP contribution in [0.1, 0.15) is 5.56 Å². The van der Waals surface area contributed by atoms with Crippen LogP contribution < -0.4 is 0 Å². The molecule has 2 aromatic rings. The van der Waals surface area contributed by atoms with E-state index in [1.807, 2.05) is 6.07 Å². The normalized spacial score (nSPS) is 17.4. The lowest BCUT2D eigenvalue weighted by Crippen LogP contribution is -2.50. The van der Waals surface area contributed by atoms with Crippen molar-refractivity contribution in [3.63, 3.8) is 0 Å². The highest BCUT2D eigenvalue weighted by Crippen LogP contribution is 2.19. The van der Waals surface area contributed by atoms with Crippen LogP contribution in [0.5, 0.6) is 0 Å². The first-order chi connectivity index (χ1) is 11.9. The predicted molar refractivity (Wildman–Crippen MR) is 95.8 cm³/mol. The molecule has 0 aromatic heterocycles. The Labute approximate surface area is 148 Å². The Morgan fingerprint density at radius 1 is 0.680 bits per heavy atom. The maximum Gasteiger partial charge on any atom is 0.243 e. The Bertz CT molecular complexity index is 906. The highest BCUT2D eigenvalue weighted by Gasteiger charge is 2.32. The van der Waals surface area contributed by atoms with Crippen molar-refractivity contribution in [2.75, 3.05) is 26.2 Å². The highest BCUT2D eigenvalue weighted by atomic mass is 32.2. The maximum absolute atomic E-state index is 12.6. The summed E-state index contributed by atoms with van der Waals surface area (Å²) >= 11 is 0. The summed E-state index contributed by atoms with van der Waals surface area (Å²) in [6.07, 6.45) is 0. The highest BCUT2D eigenvalue weighted by molar-refractivity contribution is 7.89. The van der Waals surface area contributed by atoms with Crippen molar-refractivity contribution in [3.05, 3.63) is 66.2 Å². The third kappa shape index (κ3) is 4.09. The van der Waals surface area contributed by atoms with Crippen LogP contribution in [0, 0.1) is 0 Å². The molecule has 1 saturated heterocycles. The van der Waals surface area contributed by atoms with Gasteiger partial charge in [-0.15, -0.1) is 0 Å². The van der Waals surface area contributed by atoms with E-state index in [-0.39, 0.29) is 36.8 Å². The minimum absolute atomic E-state index is 0.0702. The molecule has 2 aromatic carbocycles. The quantitative estimate of drug-likeness (QED) is 0.788. The van der Waals surface area contributed by atoms with E-state index in [9.17, 15) is 16.8 Å². The molecule has 1 aliphatic rings. The number of rotatable bonds is 5. The molecule has 3 rings (SSSR count). The Balaban J connectivity index is 1.67. The third-order valence-corrected chi connectivity index (χ3v) is 7.93. The number of sulfonamides is 2. The van der Waals surface area contributed by atoms with Crippen LogP contribution in [-0.4, -0.2) is 51.6 Å². The van der Waals surface area contributed by atoms with Crippen LogP contribution in [0.15, 0.2) is 65.6 Å². The van der Waals surface area contributed by atoms with E-state index in [1.165, 1.54) is 8.61 Å². The monoisotopic (exact) mass is 380 g/mol. The first-order valence-electron chi connectivity index (χ1n) is 7.96. The van der Waals surface area contributed by atoms with Crippen molar-refractivity contribution in [1.82, 2.24) is 8.61 Å². The molecule has 25 heavy (non-hydrogen) atoms. The van der Waals surface area contributed by atoms with Crippen LogP contribution >= 0.6 is 0 Å². The van der Waals surface area contributed by atoms with Crippen LogP contribution in [-0.2, 0) is 25.8 Å². The summed E-state index contributed by atoms with van der Waals surface area (Å²) in [6.45, 7) is 0.652. The molecular formula is C17H20N2O4S2. The number of hydrogen-bond acceptors (Lipinski definition) is 4. The summed E-state index contributed by atoms with van der Waals surface area (Å²) in [5.41, 5.74) is 0.724. The van der Waals surface area contributed by atoms with Crippen molar-refractivity contribution < 1.29 is 16.8 Å². The minimum Gasteiger partial charge on any atom is -0.212 e. The zero-order valence-corrected chi connectivity index (χ0v) is 15.3. The van der Waals surface area contributed by atoms with E-state index >= 15 is 0 Å². The second-order valence-corrected chi connectivity index (χ2v) is 9.76. The van der Waals surface area contributed by atoms with Gasteiger partial charge in [-0.2, -0.15) is 8.61 Å². The van der Waals surface area contributed by atoms with Crippen molar-refractivity contribution in [2.45, 2.75) is 10.6 Å². The molecule has 1 heterocycles. The fourth-order valence-corrected chi connectivity index (χ4v) is 5.77. The second kappa shape index (κ2) is 7.25. The maximum atomic E-state index is 12.6. The smallest absolute Gasteiger partial charge is 0.212 e. The van der Waals surface area contributed by atoms with Gasteiger partial charge < -0.3 is 0 Å². The van der Waals surface area contributed by atoms with Crippen molar-refractivity contribution in [3.8, 4) is 0 Å². The number of benzene rings is 2. The Morgan fingerprint density at radius 3 is 1.72 bits per heavy atom. The molecule has 0 unspecified atom stereocenters. The summed E-state index contributed by atoms with van der Waals surface area (Å²) in [4.78, 5) is 0.232. The molecule has 134 valence electrons. The zero-order chi connectivity index (χ0) is 17.9. The lowest BCUT2D eigenvalue weighted by Gasteiger charge is -2.33. The Hall–Kier alpha value is -1.74. The summed E-state index contributed by atoms with van der Waals surface area (Å²) in [5.74, 6) is -0.0702. The first kappa shape index (κ1) is 18.1. The van der Waals surface area contributed by atoms with Gasteiger partial charge in [0.15, 0.2) is 0 Å².